The van der Waals surface area contributed by atoms with Gasteiger partial charge >= 0.3 is 0 Å². The molecule has 0 saturated carbocycles. The van der Waals surface area contributed by atoms with E-state index in [0.717, 1.165) is 24.5 Å². The SMILES string of the molecule is C=C(c1ccco1)N1CCCC1. The van der Waals surface area contributed by atoms with Crippen LogP contribution in [-0.4, -0.2) is 18.0 Å². The molecule has 2 heterocycles. The van der Waals surface area contributed by atoms with Gasteiger partial charge in [0, 0.05) is 13.1 Å². The van der Waals surface area contributed by atoms with Gasteiger partial charge in [0.1, 0.15) is 5.76 Å². The number of likely N-dealkylation sites (tertiary alicyclic amines) is 1. The van der Waals surface area contributed by atoms with E-state index < -0.39 is 0 Å². The van der Waals surface area contributed by atoms with E-state index in [1.807, 2.05) is 12.1 Å². The highest BCUT2D eigenvalue weighted by Gasteiger charge is 2.15. The Kier molecular flexibility index (Phi) is 1.90. The zero-order valence-corrected chi connectivity index (χ0v) is 7.12. The number of furan rings is 1. The van der Waals surface area contributed by atoms with Crippen LogP contribution < -0.4 is 0 Å². The first-order valence-electron chi connectivity index (χ1n) is 4.35. The highest BCUT2D eigenvalue weighted by atomic mass is 16.3. The molecule has 0 unspecified atom stereocenters. The Balaban J connectivity index is 2.09. The van der Waals surface area contributed by atoms with Crippen molar-refractivity contribution < 1.29 is 4.42 Å². The molecule has 0 spiro atoms. The van der Waals surface area contributed by atoms with Crippen LogP contribution in [0.25, 0.3) is 5.70 Å². The predicted octanol–water partition coefficient (Wildman–Crippen LogP) is 2.35. The third kappa shape index (κ3) is 1.24. The standard InChI is InChI=1S/C10H13NO/c1-9(10-5-4-8-12-10)11-6-2-3-7-11/h4-5,8H,1-3,6-7H2. The molecule has 0 aromatic carbocycles. The lowest BCUT2D eigenvalue weighted by Gasteiger charge is -2.17. The van der Waals surface area contributed by atoms with Crippen LogP contribution in [0.1, 0.15) is 18.6 Å². The molecule has 2 nitrogen and oxygen atoms in total. The Morgan fingerprint density at radius 2 is 2.17 bits per heavy atom. The van der Waals surface area contributed by atoms with Crippen molar-refractivity contribution >= 4 is 5.70 Å². The summed E-state index contributed by atoms with van der Waals surface area (Å²) in [7, 11) is 0. The first-order valence-corrected chi connectivity index (χ1v) is 4.35. The highest BCUT2D eigenvalue weighted by Crippen LogP contribution is 2.21. The summed E-state index contributed by atoms with van der Waals surface area (Å²) in [6.45, 7) is 6.26. The van der Waals surface area contributed by atoms with Crippen molar-refractivity contribution in [2.45, 2.75) is 12.8 Å². The van der Waals surface area contributed by atoms with Crippen LogP contribution in [0, 0.1) is 0 Å². The summed E-state index contributed by atoms with van der Waals surface area (Å²) in [4.78, 5) is 2.28. The van der Waals surface area contributed by atoms with E-state index in [1.54, 1.807) is 6.26 Å². The van der Waals surface area contributed by atoms with Crippen LogP contribution in [0.2, 0.25) is 0 Å². The summed E-state index contributed by atoms with van der Waals surface area (Å²) < 4.78 is 5.27. The predicted molar refractivity (Wildman–Crippen MR) is 48.5 cm³/mol. The van der Waals surface area contributed by atoms with Gasteiger partial charge in [-0.05, 0) is 25.0 Å². The number of rotatable bonds is 2. The third-order valence-corrected chi connectivity index (χ3v) is 2.29. The maximum Gasteiger partial charge on any atom is 0.149 e. The molecule has 12 heavy (non-hydrogen) atoms. The minimum atomic E-state index is 0.900. The van der Waals surface area contributed by atoms with Gasteiger partial charge in [0.15, 0.2) is 0 Å². The van der Waals surface area contributed by atoms with Gasteiger partial charge in [-0.3, -0.25) is 0 Å². The van der Waals surface area contributed by atoms with Crippen molar-refractivity contribution in [1.29, 1.82) is 0 Å². The van der Waals surface area contributed by atoms with Crippen molar-refractivity contribution in [2.75, 3.05) is 13.1 Å². The molecule has 2 heteroatoms. The molecular formula is C10H13NO. The van der Waals surface area contributed by atoms with Crippen LogP contribution in [0.5, 0.6) is 0 Å². The van der Waals surface area contributed by atoms with Crippen LogP contribution in [0.4, 0.5) is 0 Å². The summed E-state index contributed by atoms with van der Waals surface area (Å²) in [5.41, 5.74) is 1.03. The number of hydrogen-bond acceptors (Lipinski definition) is 2. The van der Waals surface area contributed by atoms with Crippen molar-refractivity contribution in [3.8, 4) is 0 Å². The second kappa shape index (κ2) is 3.05. The summed E-state index contributed by atoms with van der Waals surface area (Å²) in [5, 5.41) is 0. The molecule has 1 saturated heterocycles. The minimum Gasteiger partial charge on any atom is -0.463 e. The zero-order valence-electron chi connectivity index (χ0n) is 7.12. The van der Waals surface area contributed by atoms with E-state index in [1.165, 1.54) is 12.8 Å². The molecule has 1 fully saturated rings. The fourth-order valence-corrected chi connectivity index (χ4v) is 1.59. The maximum atomic E-state index is 5.27. The Labute approximate surface area is 72.5 Å². The Hall–Kier alpha value is -1.18. The lowest BCUT2D eigenvalue weighted by molar-refractivity contribution is 0.460. The molecule has 0 atom stereocenters. The lowest BCUT2D eigenvalue weighted by atomic mass is 10.3. The Bertz CT molecular complexity index is 257. The van der Waals surface area contributed by atoms with Crippen molar-refractivity contribution in [1.82, 2.24) is 4.90 Å². The summed E-state index contributed by atoms with van der Waals surface area (Å²) in [6, 6.07) is 3.86. The van der Waals surface area contributed by atoms with Crippen molar-refractivity contribution in [3.63, 3.8) is 0 Å². The largest absolute Gasteiger partial charge is 0.463 e. The Morgan fingerprint density at radius 1 is 1.42 bits per heavy atom. The maximum absolute atomic E-state index is 5.27. The first kappa shape index (κ1) is 7.47. The average molecular weight is 163 g/mol. The van der Waals surface area contributed by atoms with E-state index in [-0.39, 0.29) is 0 Å². The highest BCUT2D eigenvalue weighted by molar-refractivity contribution is 5.56. The van der Waals surface area contributed by atoms with Gasteiger partial charge in [0.05, 0.1) is 12.0 Å². The van der Waals surface area contributed by atoms with Gasteiger partial charge in [-0.2, -0.15) is 0 Å². The van der Waals surface area contributed by atoms with Gasteiger partial charge in [-0.25, -0.2) is 0 Å². The van der Waals surface area contributed by atoms with E-state index in [0.29, 0.717) is 0 Å². The minimum absolute atomic E-state index is 0.900. The van der Waals surface area contributed by atoms with Crippen LogP contribution >= 0.6 is 0 Å². The molecule has 1 aliphatic heterocycles. The van der Waals surface area contributed by atoms with Crippen LogP contribution in [-0.2, 0) is 0 Å². The van der Waals surface area contributed by atoms with E-state index in [9.17, 15) is 0 Å². The second-order valence-electron chi connectivity index (χ2n) is 3.12. The first-order chi connectivity index (χ1) is 5.88. The second-order valence-corrected chi connectivity index (χ2v) is 3.12. The third-order valence-electron chi connectivity index (χ3n) is 2.29. The summed E-state index contributed by atoms with van der Waals surface area (Å²) in [5.74, 6) is 0.900. The van der Waals surface area contributed by atoms with Crippen molar-refractivity contribution in [2.24, 2.45) is 0 Å². The molecule has 0 bridgehead atoms. The van der Waals surface area contributed by atoms with Gasteiger partial charge in [-0.1, -0.05) is 6.58 Å². The average Bonchev–Trinajstić information content (AvgIpc) is 2.77. The topological polar surface area (TPSA) is 16.4 Å². The molecule has 64 valence electrons. The monoisotopic (exact) mass is 163 g/mol. The fourth-order valence-electron chi connectivity index (χ4n) is 1.59. The van der Waals surface area contributed by atoms with Crippen LogP contribution in [0.15, 0.2) is 29.4 Å². The lowest BCUT2D eigenvalue weighted by Crippen LogP contribution is -2.15. The van der Waals surface area contributed by atoms with Gasteiger partial charge < -0.3 is 9.32 Å². The van der Waals surface area contributed by atoms with E-state index >= 15 is 0 Å². The molecule has 1 aromatic rings. The molecule has 0 aliphatic carbocycles. The molecule has 0 radical (unpaired) electrons. The molecule has 2 rings (SSSR count). The smallest absolute Gasteiger partial charge is 0.149 e. The summed E-state index contributed by atoms with van der Waals surface area (Å²) in [6.07, 6.45) is 4.25. The normalized spacial score (nSPS) is 16.8. The molecular weight excluding hydrogens is 150 g/mol. The molecule has 1 aromatic heterocycles. The van der Waals surface area contributed by atoms with Crippen LogP contribution in [0.3, 0.4) is 0 Å². The number of nitrogens with zero attached hydrogens (tertiary/aromatic N) is 1. The Morgan fingerprint density at radius 3 is 2.75 bits per heavy atom. The quantitative estimate of drug-likeness (QED) is 0.665. The van der Waals surface area contributed by atoms with Gasteiger partial charge in [-0.15, -0.1) is 0 Å². The van der Waals surface area contributed by atoms with E-state index in [2.05, 4.69) is 11.5 Å². The summed E-state index contributed by atoms with van der Waals surface area (Å²) >= 11 is 0. The molecule has 0 amide bonds. The fraction of sp³-hybridized carbons (Fsp3) is 0.400. The van der Waals surface area contributed by atoms with Gasteiger partial charge in [0.25, 0.3) is 0 Å². The van der Waals surface area contributed by atoms with Crippen molar-refractivity contribution in [3.05, 3.63) is 30.7 Å². The van der Waals surface area contributed by atoms with E-state index in [4.69, 9.17) is 4.42 Å². The van der Waals surface area contributed by atoms with Gasteiger partial charge in [0.2, 0.25) is 0 Å². The zero-order chi connectivity index (χ0) is 8.39. The molecule has 1 aliphatic rings. The molecule has 0 N–H and O–H groups in total. The number of hydrogen-bond donors (Lipinski definition) is 0.